The number of carbonyl (C=O) groups excluding carboxylic acids is 1. The Hall–Kier alpha value is -0.110. The molecule has 0 aliphatic rings. The van der Waals surface area contributed by atoms with Crippen molar-refractivity contribution in [1.29, 1.82) is 0 Å². The number of carbonyl (C=O) groups is 1. The maximum atomic E-state index is 11.3. The molecule has 0 aliphatic heterocycles. The lowest BCUT2D eigenvalue weighted by Crippen LogP contribution is -2.26. The first-order chi connectivity index (χ1) is 10.4. The largest absolute Gasteiger partial charge is 0.469 e. The van der Waals surface area contributed by atoms with E-state index in [-0.39, 0.29) is 19.3 Å². The van der Waals surface area contributed by atoms with Gasteiger partial charge >= 0.3 is 22.4 Å². The molecule has 1 atom stereocenters. The molecule has 0 fully saturated rings. The average Bonchev–Trinajstić information content (AvgIpc) is 2.42. The highest BCUT2D eigenvalue weighted by Gasteiger charge is 2.27. The van der Waals surface area contributed by atoms with E-state index in [0.717, 1.165) is 6.42 Å². The second-order valence-electron chi connectivity index (χ2n) is 5.27. The van der Waals surface area contributed by atoms with Gasteiger partial charge in [0.05, 0.1) is 18.1 Å². The van der Waals surface area contributed by atoms with E-state index in [9.17, 15) is 9.36 Å². The summed E-state index contributed by atoms with van der Waals surface area (Å²) in [4.78, 5) is 44.5. The smallest absolute Gasteiger partial charge is 0.463 e. The van der Waals surface area contributed by atoms with Gasteiger partial charge in [-0.1, -0.05) is 13.8 Å². The van der Waals surface area contributed by atoms with Crippen molar-refractivity contribution < 1.29 is 42.7 Å². The van der Waals surface area contributed by atoms with Gasteiger partial charge in [0.2, 0.25) is 0 Å². The van der Waals surface area contributed by atoms with E-state index < -0.39 is 27.8 Å². The van der Waals surface area contributed by atoms with E-state index in [1.807, 2.05) is 13.8 Å². The summed E-state index contributed by atoms with van der Waals surface area (Å²) in [6, 6.07) is 0. The highest BCUT2D eigenvalue weighted by atomic mass is 31.2. The third-order valence-electron chi connectivity index (χ3n) is 2.86. The summed E-state index contributed by atoms with van der Waals surface area (Å²) in [6.07, 6.45) is 1.39. The first-order valence-electron chi connectivity index (χ1n) is 7.07. The van der Waals surface area contributed by atoms with Gasteiger partial charge in [-0.05, 0) is 33.6 Å². The average molecular weight is 378 g/mol. The van der Waals surface area contributed by atoms with Crippen molar-refractivity contribution in [3.8, 4) is 0 Å². The van der Waals surface area contributed by atoms with Gasteiger partial charge in [0.15, 0.2) is 0 Å². The summed E-state index contributed by atoms with van der Waals surface area (Å²) in [5, 5.41) is 0. The van der Waals surface area contributed by atoms with Crippen LogP contribution in [0.2, 0.25) is 0 Å². The quantitative estimate of drug-likeness (QED) is 0.269. The lowest BCUT2D eigenvalue weighted by Gasteiger charge is -2.20. The van der Waals surface area contributed by atoms with Crippen LogP contribution in [0.4, 0.5) is 0 Å². The molecule has 0 aromatic rings. The predicted molar refractivity (Wildman–Crippen MR) is 85.2 cm³/mol. The summed E-state index contributed by atoms with van der Waals surface area (Å²) >= 11 is 0. The van der Waals surface area contributed by atoms with E-state index in [1.54, 1.807) is 20.8 Å². The first kappa shape index (κ1) is 25.1. The molecule has 140 valence electrons. The molecule has 11 heteroatoms. The lowest BCUT2D eigenvalue weighted by molar-refractivity contribution is -0.155. The van der Waals surface area contributed by atoms with Gasteiger partial charge in [-0.15, -0.1) is 0 Å². The molecule has 0 bridgehead atoms. The summed E-state index contributed by atoms with van der Waals surface area (Å²) in [7, 11) is -6.61. The van der Waals surface area contributed by atoms with Crippen molar-refractivity contribution >= 4 is 22.4 Å². The van der Waals surface area contributed by atoms with Gasteiger partial charge in [-0.25, -0.2) is 4.57 Å². The Morgan fingerprint density at radius 3 is 2.04 bits per heavy atom. The predicted octanol–water partition coefficient (Wildman–Crippen LogP) is 2.09. The van der Waals surface area contributed by atoms with Crippen LogP contribution in [0.15, 0.2) is 0 Å². The van der Waals surface area contributed by atoms with Crippen LogP contribution < -0.4 is 0 Å². The third-order valence-corrected chi connectivity index (χ3v) is 3.93. The van der Waals surface area contributed by atoms with E-state index in [2.05, 4.69) is 9.05 Å². The van der Waals surface area contributed by atoms with E-state index in [1.165, 1.54) is 0 Å². The Kier molecular flexibility index (Phi) is 13.4. The molecular formula is C12H28O9P2. The normalized spacial score (nSPS) is 13.3. The summed E-state index contributed by atoms with van der Waals surface area (Å²) < 4.78 is 23.7. The Labute approximate surface area is 138 Å². The summed E-state index contributed by atoms with van der Waals surface area (Å²) in [5.41, 5.74) is -0.581. The van der Waals surface area contributed by atoms with Crippen molar-refractivity contribution in [3.05, 3.63) is 0 Å². The summed E-state index contributed by atoms with van der Waals surface area (Å²) in [6.45, 7) is 8.57. The van der Waals surface area contributed by atoms with E-state index in [0.29, 0.717) is 6.42 Å². The zero-order valence-electron chi connectivity index (χ0n) is 14.1. The van der Waals surface area contributed by atoms with Crippen molar-refractivity contribution in [2.24, 2.45) is 5.41 Å². The molecule has 23 heavy (non-hydrogen) atoms. The number of phosphoric ester groups is 1. The standard InChI is InChI=1S/C8H17O6P.C4H11O3P/c1-4-8(2,3)7(9)13-5-6-14-15(10,11)12;1-3-4(2)7-8(5)6/h4-6H2,1-3H3,(H2,10,11,12);4-6H,3H2,1-2H3. The fourth-order valence-electron chi connectivity index (χ4n) is 0.866. The minimum absolute atomic E-state index is 0.0453. The fraction of sp³-hybridized carbons (Fsp3) is 0.917. The maximum absolute atomic E-state index is 11.3. The van der Waals surface area contributed by atoms with Crippen LogP contribution in [-0.4, -0.2) is 44.9 Å². The van der Waals surface area contributed by atoms with Crippen LogP contribution >= 0.6 is 16.4 Å². The van der Waals surface area contributed by atoms with Crippen molar-refractivity contribution in [2.75, 3.05) is 13.2 Å². The van der Waals surface area contributed by atoms with Crippen LogP contribution in [0.1, 0.15) is 47.5 Å². The molecule has 0 radical (unpaired) electrons. The van der Waals surface area contributed by atoms with Crippen LogP contribution in [-0.2, 0) is 23.1 Å². The van der Waals surface area contributed by atoms with Crippen LogP contribution in [0, 0.1) is 5.41 Å². The molecule has 0 aromatic carbocycles. The molecule has 0 aliphatic carbocycles. The van der Waals surface area contributed by atoms with E-state index >= 15 is 0 Å². The number of esters is 1. The van der Waals surface area contributed by atoms with Gasteiger partial charge in [-0.2, -0.15) is 0 Å². The molecule has 1 unspecified atom stereocenters. The zero-order valence-corrected chi connectivity index (χ0v) is 15.9. The van der Waals surface area contributed by atoms with Crippen molar-refractivity contribution in [2.45, 2.75) is 53.6 Å². The summed E-state index contributed by atoms with van der Waals surface area (Å²) in [5.74, 6) is -0.403. The molecule has 4 N–H and O–H groups in total. The number of phosphoric acid groups is 1. The number of hydrogen-bond donors (Lipinski definition) is 4. The zero-order chi connectivity index (χ0) is 18.7. The first-order valence-corrected chi connectivity index (χ1v) is 9.77. The van der Waals surface area contributed by atoms with Crippen molar-refractivity contribution in [1.82, 2.24) is 0 Å². The van der Waals surface area contributed by atoms with Crippen LogP contribution in [0.25, 0.3) is 0 Å². The Morgan fingerprint density at radius 1 is 1.22 bits per heavy atom. The van der Waals surface area contributed by atoms with E-state index in [4.69, 9.17) is 24.3 Å². The number of hydrogen-bond acceptors (Lipinski definition) is 7. The molecule has 0 aromatic heterocycles. The third kappa shape index (κ3) is 16.5. The minimum atomic E-state index is -4.46. The molecule has 9 nitrogen and oxygen atoms in total. The second-order valence-corrected chi connectivity index (χ2v) is 7.23. The Bertz CT molecular complexity index is 368. The number of rotatable bonds is 9. The number of ether oxygens (including phenoxy) is 1. The van der Waals surface area contributed by atoms with Crippen LogP contribution in [0.5, 0.6) is 0 Å². The lowest BCUT2D eigenvalue weighted by atomic mass is 9.91. The maximum Gasteiger partial charge on any atom is 0.469 e. The van der Waals surface area contributed by atoms with Crippen LogP contribution in [0.3, 0.4) is 0 Å². The van der Waals surface area contributed by atoms with Crippen molar-refractivity contribution in [3.63, 3.8) is 0 Å². The molecular weight excluding hydrogens is 350 g/mol. The Balaban J connectivity index is 0. The van der Waals surface area contributed by atoms with Gasteiger partial charge in [0, 0.05) is 0 Å². The topological polar surface area (TPSA) is 143 Å². The molecule has 0 saturated carbocycles. The van der Waals surface area contributed by atoms with Gasteiger partial charge in [0.1, 0.15) is 6.61 Å². The Morgan fingerprint density at radius 2 is 1.74 bits per heavy atom. The van der Waals surface area contributed by atoms with Gasteiger partial charge in [0.25, 0.3) is 0 Å². The molecule has 0 spiro atoms. The second kappa shape index (κ2) is 12.3. The molecule has 0 heterocycles. The molecule has 0 amide bonds. The molecule has 0 rings (SSSR count). The fourth-order valence-corrected chi connectivity index (χ4v) is 1.65. The SMILES string of the molecule is CCC(C)(C)C(=O)OCCOP(=O)(O)O.CCC(C)OP(O)O. The van der Waals surface area contributed by atoms with Gasteiger partial charge < -0.3 is 28.8 Å². The van der Waals surface area contributed by atoms with Gasteiger partial charge in [-0.3, -0.25) is 9.32 Å². The highest BCUT2D eigenvalue weighted by molar-refractivity contribution is 7.46. The monoisotopic (exact) mass is 378 g/mol. The molecule has 0 saturated heterocycles. The highest BCUT2D eigenvalue weighted by Crippen LogP contribution is 2.35. The minimum Gasteiger partial charge on any atom is -0.463 e.